The highest BCUT2D eigenvalue weighted by molar-refractivity contribution is 5.26. The fourth-order valence-electron chi connectivity index (χ4n) is 1.69. The number of hydrogen-bond acceptors (Lipinski definition) is 3. The zero-order chi connectivity index (χ0) is 12.1. The average Bonchev–Trinajstić information content (AvgIpc) is 2.29. The van der Waals surface area contributed by atoms with Crippen molar-refractivity contribution in [3.05, 3.63) is 35.1 Å². The molecule has 0 fully saturated rings. The highest BCUT2D eigenvalue weighted by atomic mass is 19.1. The molecule has 0 radical (unpaired) electrons. The van der Waals surface area contributed by atoms with Crippen molar-refractivity contribution in [2.45, 2.75) is 19.3 Å². The quantitative estimate of drug-likeness (QED) is 0.781. The molecular formula is C12H18FNO2. The van der Waals surface area contributed by atoms with E-state index in [2.05, 4.69) is 5.32 Å². The number of methoxy groups -OCH3 is 2. The van der Waals surface area contributed by atoms with E-state index < -0.39 is 6.29 Å². The number of nitrogens with one attached hydrogen (secondary N) is 1. The van der Waals surface area contributed by atoms with Crippen molar-refractivity contribution < 1.29 is 13.9 Å². The molecule has 16 heavy (non-hydrogen) atoms. The van der Waals surface area contributed by atoms with E-state index in [9.17, 15) is 4.39 Å². The van der Waals surface area contributed by atoms with Crippen LogP contribution in [0.25, 0.3) is 0 Å². The summed E-state index contributed by atoms with van der Waals surface area (Å²) >= 11 is 0. The fourth-order valence-corrected chi connectivity index (χ4v) is 1.69. The van der Waals surface area contributed by atoms with Gasteiger partial charge in [0.15, 0.2) is 6.29 Å². The molecule has 0 aromatic heterocycles. The zero-order valence-corrected chi connectivity index (χ0v) is 10.1. The lowest BCUT2D eigenvalue weighted by atomic mass is 10.0. The summed E-state index contributed by atoms with van der Waals surface area (Å²) in [6.45, 7) is 1.74. The summed E-state index contributed by atoms with van der Waals surface area (Å²) in [4.78, 5) is 0. The van der Waals surface area contributed by atoms with Crippen LogP contribution in [0.5, 0.6) is 0 Å². The minimum absolute atomic E-state index is 0.116. The van der Waals surface area contributed by atoms with Gasteiger partial charge in [0.25, 0.3) is 0 Å². The number of ether oxygens (including phenoxy) is 2. The third kappa shape index (κ3) is 2.78. The molecule has 1 aromatic rings. The van der Waals surface area contributed by atoms with Gasteiger partial charge >= 0.3 is 0 Å². The third-order valence-electron chi connectivity index (χ3n) is 2.59. The van der Waals surface area contributed by atoms with Gasteiger partial charge in [0, 0.05) is 14.2 Å². The molecule has 0 heterocycles. The van der Waals surface area contributed by atoms with E-state index in [1.54, 1.807) is 33.3 Å². The molecule has 1 unspecified atom stereocenters. The lowest BCUT2D eigenvalue weighted by Crippen LogP contribution is -2.32. The Labute approximate surface area is 95.6 Å². The zero-order valence-electron chi connectivity index (χ0n) is 10.1. The predicted molar refractivity (Wildman–Crippen MR) is 60.7 cm³/mol. The van der Waals surface area contributed by atoms with Gasteiger partial charge in [-0.1, -0.05) is 12.1 Å². The molecule has 1 N–H and O–H groups in total. The molecule has 1 rings (SSSR count). The first-order valence-corrected chi connectivity index (χ1v) is 5.13. The standard InChI is InChI=1S/C12H18FNO2/c1-8-7-9(5-6-10(8)13)11(14-2)12(15-3)16-4/h5-7,11-12,14H,1-4H3. The van der Waals surface area contributed by atoms with Gasteiger partial charge in [-0.25, -0.2) is 4.39 Å². The summed E-state index contributed by atoms with van der Waals surface area (Å²) < 4.78 is 23.5. The molecule has 0 bridgehead atoms. The predicted octanol–water partition coefficient (Wildman–Crippen LogP) is 2.01. The number of benzene rings is 1. The molecule has 90 valence electrons. The van der Waals surface area contributed by atoms with Crippen LogP contribution in [0.3, 0.4) is 0 Å². The van der Waals surface area contributed by atoms with Gasteiger partial charge in [-0.05, 0) is 31.2 Å². The first-order valence-electron chi connectivity index (χ1n) is 5.13. The second kappa shape index (κ2) is 5.94. The van der Waals surface area contributed by atoms with Crippen LogP contribution in [0.15, 0.2) is 18.2 Å². The number of halogens is 1. The van der Waals surface area contributed by atoms with Gasteiger partial charge in [0.2, 0.25) is 0 Å². The van der Waals surface area contributed by atoms with Crippen molar-refractivity contribution in [3.63, 3.8) is 0 Å². The van der Waals surface area contributed by atoms with Crippen molar-refractivity contribution in [1.29, 1.82) is 0 Å². The van der Waals surface area contributed by atoms with Crippen LogP contribution in [0, 0.1) is 12.7 Å². The van der Waals surface area contributed by atoms with Crippen LogP contribution >= 0.6 is 0 Å². The molecule has 3 nitrogen and oxygen atoms in total. The largest absolute Gasteiger partial charge is 0.354 e. The van der Waals surface area contributed by atoms with Crippen molar-refractivity contribution in [1.82, 2.24) is 5.32 Å². The molecule has 1 aromatic carbocycles. The van der Waals surface area contributed by atoms with Crippen LogP contribution in [-0.2, 0) is 9.47 Å². The van der Waals surface area contributed by atoms with Crippen LogP contribution < -0.4 is 5.32 Å². The monoisotopic (exact) mass is 227 g/mol. The first kappa shape index (κ1) is 13.1. The van der Waals surface area contributed by atoms with Crippen molar-refractivity contribution in [3.8, 4) is 0 Å². The topological polar surface area (TPSA) is 30.5 Å². The minimum Gasteiger partial charge on any atom is -0.354 e. The number of aryl methyl sites for hydroxylation is 1. The number of rotatable bonds is 5. The van der Waals surface area contributed by atoms with Crippen molar-refractivity contribution in [2.24, 2.45) is 0 Å². The number of likely N-dealkylation sites (N-methyl/N-ethyl adjacent to an activating group) is 1. The van der Waals surface area contributed by atoms with E-state index in [1.807, 2.05) is 7.05 Å². The molecule has 0 spiro atoms. The summed E-state index contributed by atoms with van der Waals surface area (Å²) in [7, 11) is 4.97. The first-order chi connectivity index (χ1) is 7.63. The van der Waals surface area contributed by atoms with Gasteiger partial charge in [-0.2, -0.15) is 0 Å². The lowest BCUT2D eigenvalue weighted by Gasteiger charge is -2.25. The van der Waals surface area contributed by atoms with Crippen LogP contribution in [0.2, 0.25) is 0 Å². The second-order valence-corrected chi connectivity index (χ2v) is 3.61. The summed E-state index contributed by atoms with van der Waals surface area (Å²) in [6.07, 6.45) is -0.394. The Morgan fingerprint density at radius 3 is 2.31 bits per heavy atom. The molecule has 0 saturated carbocycles. The molecular weight excluding hydrogens is 209 g/mol. The summed E-state index contributed by atoms with van der Waals surface area (Å²) in [5.41, 5.74) is 1.55. The molecule has 0 aliphatic heterocycles. The van der Waals surface area contributed by atoms with Crippen LogP contribution in [0.4, 0.5) is 4.39 Å². The van der Waals surface area contributed by atoms with Gasteiger partial charge in [-0.15, -0.1) is 0 Å². The second-order valence-electron chi connectivity index (χ2n) is 3.61. The molecule has 0 aliphatic carbocycles. The summed E-state index contributed by atoms with van der Waals surface area (Å²) in [6, 6.07) is 4.86. The van der Waals surface area contributed by atoms with Gasteiger partial charge < -0.3 is 14.8 Å². The van der Waals surface area contributed by atoms with Gasteiger partial charge in [0.1, 0.15) is 5.82 Å². The summed E-state index contributed by atoms with van der Waals surface area (Å²) in [5, 5.41) is 3.09. The third-order valence-corrected chi connectivity index (χ3v) is 2.59. The molecule has 1 atom stereocenters. The average molecular weight is 227 g/mol. The smallest absolute Gasteiger partial charge is 0.176 e. The fraction of sp³-hybridized carbons (Fsp3) is 0.500. The van der Waals surface area contributed by atoms with E-state index in [0.29, 0.717) is 5.56 Å². The maximum absolute atomic E-state index is 13.1. The van der Waals surface area contributed by atoms with Gasteiger partial charge in [-0.3, -0.25) is 0 Å². The van der Waals surface area contributed by atoms with Gasteiger partial charge in [0.05, 0.1) is 6.04 Å². The molecule has 4 heteroatoms. The van der Waals surface area contributed by atoms with E-state index in [1.165, 1.54) is 6.07 Å². The maximum atomic E-state index is 13.1. The Bertz CT molecular complexity index is 340. The molecule has 0 amide bonds. The lowest BCUT2D eigenvalue weighted by molar-refractivity contribution is -0.123. The highest BCUT2D eigenvalue weighted by Gasteiger charge is 2.21. The van der Waals surface area contributed by atoms with E-state index >= 15 is 0 Å². The Morgan fingerprint density at radius 2 is 1.88 bits per heavy atom. The van der Waals surface area contributed by atoms with E-state index in [0.717, 1.165) is 5.56 Å². The Balaban J connectivity index is 2.98. The molecule has 0 aliphatic rings. The van der Waals surface area contributed by atoms with E-state index in [4.69, 9.17) is 9.47 Å². The Morgan fingerprint density at radius 1 is 1.25 bits per heavy atom. The highest BCUT2D eigenvalue weighted by Crippen LogP contribution is 2.21. The number of hydrogen-bond donors (Lipinski definition) is 1. The Hall–Kier alpha value is -0.970. The maximum Gasteiger partial charge on any atom is 0.176 e. The SMILES string of the molecule is CNC(c1ccc(F)c(C)c1)C(OC)OC. The van der Waals surface area contributed by atoms with Crippen LogP contribution in [-0.4, -0.2) is 27.6 Å². The van der Waals surface area contributed by atoms with Crippen LogP contribution in [0.1, 0.15) is 17.2 Å². The molecule has 0 saturated heterocycles. The minimum atomic E-state index is -0.394. The normalized spacial score (nSPS) is 13.1. The van der Waals surface area contributed by atoms with Crippen molar-refractivity contribution >= 4 is 0 Å². The van der Waals surface area contributed by atoms with Crippen molar-refractivity contribution in [2.75, 3.05) is 21.3 Å². The Kier molecular flexibility index (Phi) is 4.86. The summed E-state index contributed by atoms with van der Waals surface area (Å²) in [5.74, 6) is -0.204. The van der Waals surface area contributed by atoms with E-state index in [-0.39, 0.29) is 11.9 Å².